The number of aryl methyl sites for hydroxylation is 2. The van der Waals surface area contributed by atoms with Crippen LogP contribution in [0, 0.1) is 13.8 Å². The molecule has 0 aromatic heterocycles. The zero-order valence-electron chi connectivity index (χ0n) is 12.8. The van der Waals surface area contributed by atoms with Gasteiger partial charge in [-0.2, -0.15) is 5.10 Å². The summed E-state index contributed by atoms with van der Waals surface area (Å²) in [4.78, 5) is 11.8. The predicted octanol–water partition coefficient (Wildman–Crippen LogP) is 4.25. The molecule has 2 rings (SSSR count). The number of ether oxygens (including phenoxy) is 1. The number of hydrogen-bond donors (Lipinski definition) is 1. The van der Waals surface area contributed by atoms with E-state index in [0.717, 1.165) is 21.2 Å². The van der Waals surface area contributed by atoms with Gasteiger partial charge in [0.2, 0.25) is 0 Å². The summed E-state index contributed by atoms with van der Waals surface area (Å²) >= 11 is 9.24. The number of amides is 1. The van der Waals surface area contributed by atoms with Crippen LogP contribution >= 0.6 is 27.5 Å². The molecule has 0 aliphatic rings. The Kier molecular flexibility index (Phi) is 6.19. The van der Waals surface area contributed by atoms with E-state index in [9.17, 15) is 4.79 Å². The lowest BCUT2D eigenvalue weighted by molar-refractivity contribution is -0.123. The lowest BCUT2D eigenvalue weighted by atomic mass is 10.1. The standard InChI is InChI=1S/C17H16BrClN2O2/c1-11-7-12(2)17(15(18)8-11)23-10-16(22)21-20-9-13-3-5-14(19)6-4-13/h3-9H,10H2,1-2H3,(H,21,22)/b20-9+. The van der Waals surface area contributed by atoms with Gasteiger partial charge in [-0.1, -0.05) is 29.8 Å². The molecule has 0 saturated carbocycles. The highest BCUT2D eigenvalue weighted by Crippen LogP contribution is 2.30. The first-order valence-corrected chi connectivity index (χ1v) is 8.10. The zero-order chi connectivity index (χ0) is 16.8. The van der Waals surface area contributed by atoms with Crippen LogP contribution in [0.2, 0.25) is 5.02 Å². The van der Waals surface area contributed by atoms with E-state index in [1.54, 1.807) is 30.5 Å². The second-order valence-corrected chi connectivity index (χ2v) is 6.32. The van der Waals surface area contributed by atoms with E-state index in [-0.39, 0.29) is 12.5 Å². The molecule has 1 N–H and O–H groups in total. The van der Waals surface area contributed by atoms with E-state index < -0.39 is 0 Å². The number of nitrogens with zero attached hydrogens (tertiary/aromatic N) is 1. The molecule has 0 saturated heterocycles. The largest absolute Gasteiger partial charge is 0.482 e. The van der Waals surface area contributed by atoms with Gasteiger partial charge < -0.3 is 4.74 Å². The lowest BCUT2D eigenvalue weighted by Crippen LogP contribution is -2.24. The molecule has 4 nitrogen and oxygen atoms in total. The van der Waals surface area contributed by atoms with E-state index >= 15 is 0 Å². The van der Waals surface area contributed by atoms with Crippen molar-refractivity contribution in [1.29, 1.82) is 0 Å². The highest BCUT2D eigenvalue weighted by atomic mass is 79.9. The maximum absolute atomic E-state index is 11.8. The second kappa shape index (κ2) is 8.13. The van der Waals surface area contributed by atoms with Crippen molar-refractivity contribution in [2.75, 3.05) is 6.61 Å². The maximum atomic E-state index is 11.8. The molecule has 6 heteroatoms. The number of nitrogens with one attached hydrogen (secondary N) is 1. The molecule has 0 spiro atoms. The van der Waals surface area contributed by atoms with Gasteiger partial charge in [-0.15, -0.1) is 0 Å². The van der Waals surface area contributed by atoms with E-state index in [1.165, 1.54) is 0 Å². The number of carbonyl (C=O) groups excluding carboxylic acids is 1. The Morgan fingerprint density at radius 2 is 2.00 bits per heavy atom. The van der Waals surface area contributed by atoms with Crippen LogP contribution in [0.15, 0.2) is 46.0 Å². The minimum atomic E-state index is -0.331. The number of carbonyl (C=O) groups is 1. The first-order valence-electron chi connectivity index (χ1n) is 6.92. The smallest absolute Gasteiger partial charge is 0.277 e. The van der Waals surface area contributed by atoms with E-state index in [2.05, 4.69) is 26.5 Å². The summed E-state index contributed by atoms with van der Waals surface area (Å²) in [6.07, 6.45) is 1.54. The van der Waals surface area contributed by atoms with Crippen molar-refractivity contribution in [3.63, 3.8) is 0 Å². The molecule has 0 aliphatic carbocycles. The molecule has 23 heavy (non-hydrogen) atoms. The van der Waals surface area contributed by atoms with Crippen LogP contribution < -0.4 is 10.2 Å². The number of rotatable bonds is 5. The summed E-state index contributed by atoms with van der Waals surface area (Å²) < 4.78 is 6.38. The third-order valence-corrected chi connectivity index (χ3v) is 3.84. The highest BCUT2D eigenvalue weighted by molar-refractivity contribution is 9.10. The van der Waals surface area contributed by atoms with Crippen LogP contribution in [0.1, 0.15) is 16.7 Å². The Hall–Kier alpha value is -1.85. The van der Waals surface area contributed by atoms with Gasteiger partial charge in [-0.3, -0.25) is 4.79 Å². The number of halogens is 2. The average Bonchev–Trinajstić information content (AvgIpc) is 2.48. The Morgan fingerprint density at radius 1 is 1.30 bits per heavy atom. The highest BCUT2D eigenvalue weighted by Gasteiger charge is 2.08. The van der Waals surface area contributed by atoms with Gasteiger partial charge in [0.15, 0.2) is 6.61 Å². The monoisotopic (exact) mass is 394 g/mol. The van der Waals surface area contributed by atoms with Gasteiger partial charge >= 0.3 is 0 Å². The summed E-state index contributed by atoms with van der Waals surface area (Å²) in [5.41, 5.74) is 5.35. The van der Waals surface area contributed by atoms with Crippen molar-refractivity contribution in [2.45, 2.75) is 13.8 Å². The molecule has 0 atom stereocenters. The Balaban J connectivity index is 1.87. The van der Waals surface area contributed by atoms with E-state index in [0.29, 0.717) is 10.8 Å². The molecule has 120 valence electrons. The van der Waals surface area contributed by atoms with Gasteiger partial charge in [-0.05, 0) is 64.7 Å². The summed E-state index contributed by atoms with van der Waals surface area (Å²) in [5, 5.41) is 4.53. The minimum absolute atomic E-state index is 0.111. The van der Waals surface area contributed by atoms with Gasteiger partial charge in [-0.25, -0.2) is 5.43 Å². The first-order chi connectivity index (χ1) is 11.0. The molecule has 2 aromatic carbocycles. The van der Waals surface area contributed by atoms with E-state index in [1.807, 2.05) is 26.0 Å². The van der Waals surface area contributed by atoms with Crippen LogP contribution in [-0.2, 0) is 4.79 Å². The van der Waals surface area contributed by atoms with Crippen molar-refractivity contribution in [1.82, 2.24) is 5.43 Å². The minimum Gasteiger partial charge on any atom is -0.482 e. The van der Waals surface area contributed by atoms with Crippen molar-refractivity contribution in [2.24, 2.45) is 5.10 Å². The molecular formula is C17H16BrClN2O2. The van der Waals surface area contributed by atoms with Gasteiger partial charge in [0.05, 0.1) is 10.7 Å². The number of hydrazone groups is 1. The molecule has 2 aromatic rings. The lowest BCUT2D eigenvalue weighted by Gasteiger charge is -2.11. The van der Waals surface area contributed by atoms with Crippen LogP contribution in [0.4, 0.5) is 0 Å². The normalized spacial score (nSPS) is 10.8. The first kappa shape index (κ1) is 17.5. The third kappa shape index (κ3) is 5.37. The molecule has 0 aliphatic heterocycles. The van der Waals surface area contributed by atoms with Crippen molar-refractivity contribution in [3.05, 3.63) is 62.6 Å². The zero-order valence-corrected chi connectivity index (χ0v) is 15.1. The van der Waals surface area contributed by atoms with Crippen molar-refractivity contribution < 1.29 is 9.53 Å². The topological polar surface area (TPSA) is 50.7 Å². The van der Waals surface area contributed by atoms with Gasteiger partial charge in [0.1, 0.15) is 5.75 Å². The molecule has 0 heterocycles. The van der Waals surface area contributed by atoms with Crippen LogP contribution in [0.3, 0.4) is 0 Å². The second-order valence-electron chi connectivity index (χ2n) is 5.03. The van der Waals surface area contributed by atoms with Crippen LogP contribution in [0.5, 0.6) is 5.75 Å². The summed E-state index contributed by atoms with van der Waals surface area (Å²) in [6, 6.07) is 11.1. The fourth-order valence-corrected chi connectivity index (χ4v) is 2.90. The molecule has 0 bridgehead atoms. The molecular weight excluding hydrogens is 380 g/mol. The Labute approximate surface area is 148 Å². The molecule has 0 radical (unpaired) electrons. The van der Waals surface area contributed by atoms with Crippen LogP contribution in [-0.4, -0.2) is 18.7 Å². The van der Waals surface area contributed by atoms with Crippen molar-refractivity contribution >= 4 is 39.7 Å². The molecule has 0 unspecified atom stereocenters. The predicted molar refractivity (Wildman–Crippen MR) is 96.3 cm³/mol. The number of benzene rings is 2. The average molecular weight is 396 g/mol. The third-order valence-electron chi connectivity index (χ3n) is 2.99. The molecule has 1 amide bonds. The Bertz CT molecular complexity index is 707. The Morgan fingerprint density at radius 3 is 2.65 bits per heavy atom. The van der Waals surface area contributed by atoms with Gasteiger partial charge in [0, 0.05) is 5.02 Å². The summed E-state index contributed by atoms with van der Waals surface area (Å²) in [7, 11) is 0. The fraction of sp³-hybridized carbons (Fsp3) is 0.176. The fourth-order valence-electron chi connectivity index (χ4n) is 1.98. The summed E-state index contributed by atoms with van der Waals surface area (Å²) in [6.45, 7) is 3.82. The SMILES string of the molecule is Cc1cc(C)c(OCC(=O)N/N=C/c2ccc(Cl)cc2)c(Br)c1. The maximum Gasteiger partial charge on any atom is 0.277 e. The van der Waals surface area contributed by atoms with Gasteiger partial charge in [0.25, 0.3) is 5.91 Å². The molecule has 0 fully saturated rings. The summed E-state index contributed by atoms with van der Waals surface area (Å²) in [5.74, 6) is 0.328. The number of hydrogen-bond acceptors (Lipinski definition) is 3. The quantitative estimate of drug-likeness (QED) is 0.608. The van der Waals surface area contributed by atoms with E-state index in [4.69, 9.17) is 16.3 Å². The van der Waals surface area contributed by atoms with Crippen molar-refractivity contribution in [3.8, 4) is 5.75 Å². The van der Waals surface area contributed by atoms with Crippen LogP contribution in [0.25, 0.3) is 0 Å².